The molecule has 2 atom stereocenters. The molecular formula is C10H17. The SMILES string of the molecule is [CH2]C1CCCCC=CC1C. The highest BCUT2D eigenvalue weighted by atomic mass is 14.1. The van der Waals surface area contributed by atoms with Gasteiger partial charge in [-0.3, -0.25) is 0 Å². The predicted octanol–water partition coefficient (Wildman–Crippen LogP) is 3.20. The van der Waals surface area contributed by atoms with E-state index in [1.54, 1.807) is 0 Å². The Morgan fingerprint density at radius 2 is 2.20 bits per heavy atom. The quantitative estimate of drug-likeness (QED) is 0.450. The van der Waals surface area contributed by atoms with Gasteiger partial charge in [-0.1, -0.05) is 25.5 Å². The van der Waals surface area contributed by atoms with E-state index in [2.05, 4.69) is 26.0 Å². The van der Waals surface area contributed by atoms with Crippen LogP contribution in [0.15, 0.2) is 12.2 Å². The molecule has 0 amide bonds. The normalized spacial score (nSPS) is 35.0. The smallest absolute Gasteiger partial charge is 0.0234 e. The van der Waals surface area contributed by atoms with E-state index in [4.69, 9.17) is 0 Å². The minimum absolute atomic E-state index is 0.650. The molecule has 1 aliphatic carbocycles. The fraction of sp³-hybridized carbons (Fsp3) is 0.700. The second kappa shape index (κ2) is 3.80. The highest BCUT2D eigenvalue weighted by Crippen LogP contribution is 2.21. The summed E-state index contributed by atoms with van der Waals surface area (Å²) in [7, 11) is 0. The van der Waals surface area contributed by atoms with E-state index >= 15 is 0 Å². The van der Waals surface area contributed by atoms with Gasteiger partial charge in [-0.25, -0.2) is 0 Å². The van der Waals surface area contributed by atoms with E-state index < -0.39 is 0 Å². The van der Waals surface area contributed by atoms with E-state index in [1.165, 1.54) is 25.7 Å². The Morgan fingerprint density at radius 3 is 3.00 bits per heavy atom. The largest absolute Gasteiger partial charge is 0.0883 e. The zero-order valence-corrected chi connectivity index (χ0v) is 6.84. The van der Waals surface area contributed by atoms with Gasteiger partial charge in [0.25, 0.3) is 0 Å². The molecule has 0 heterocycles. The molecule has 0 nitrogen and oxygen atoms in total. The predicted molar refractivity (Wildman–Crippen MR) is 45.6 cm³/mol. The van der Waals surface area contributed by atoms with Gasteiger partial charge in [0.1, 0.15) is 0 Å². The first kappa shape index (κ1) is 7.84. The number of hydrogen-bond donors (Lipinski definition) is 0. The van der Waals surface area contributed by atoms with Crippen LogP contribution in [0.3, 0.4) is 0 Å². The van der Waals surface area contributed by atoms with Gasteiger partial charge in [-0.05, 0) is 38.0 Å². The highest BCUT2D eigenvalue weighted by molar-refractivity contribution is 4.91. The molecule has 0 aromatic rings. The Morgan fingerprint density at radius 1 is 1.40 bits per heavy atom. The molecule has 0 saturated heterocycles. The molecule has 0 saturated carbocycles. The average molecular weight is 137 g/mol. The van der Waals surface area contributed by atoms with Gasteiger partial charge in [0, 0.05) is 0 Å². The Kier molecular flexibility index (Phi) is 2.98. The molecule has 1 radical (unpaired) electrons. The second-order valence-electron chi connectivity index (χ2n) is 3.33. The van der Waals surface area contributed by atoms with Crippen molar-refractivity contribution < 1.29 is 0 Å². The minimum Gasteiger partial charge on any atom is -0.0883 e. The summed E-state index contributed by atoms with van der Waals surface area (Å²) in [5, 5.41) is 0. The standard InChI is InChI=1S/C10H17/c1-9-7-5-3-4-6-8-10(9)2/h6,8-10H,1,3-5,7H2,2H3. The van der Waals surface area contributed by atoms with Gasteiger partial charge < -0.3 is 0 Å². The van der Waals surface area contributed by atoms with Crippen LogP contribution in [0.5, 0.6) is 0 Å². The van der Waals surface area contributed by atoms with E-state index in [1.807, 2.05) is 0 Å². The van der Waals surface area contributed by atoms with E-state index in [-0.39, 0.29) is 0 Å². The summed E-state index contributed by atoms with van der Waals surface area (Å²) in [6, 6.07) is 0. The molecule has 0 N–H and O–H groups in total. The van der Waals surface area contributed by atoms with Gasteiger partial charge >= 0.3 is 0 Å². The van der Waals surface area contributed by atoms with Crippen LogP contribution < -0.4 is 0 Å². The monoisotopic (exact) mass is 137 g/mol. The fourth-order valence-corrected chi connectivity index (χ4v) is 1.40. The summed E-state index contributed by atoms with van der Waals surface area (Å²) in [6.45, 7) is 6.39. The van der Waals surface area contributed by atoms with Crippen LogP contribution in [-0.4, -0.2) is 0 Å². The number of allylic oxidation sites excluding steroid dienone is 2. The molecular weight excluding hydrogens is 120 g/mol. The van der Waals surface area contributed by atoms with Crippen molar-refractivity contribution >= 4 is 0 Å². The molecule has 0 aliphatic heterocycles. The molecule has 0 aromatic heterocycles. The summed E-state index contributed by atoms with van der Waals surface area (Å²) < 4.78 is 0. The Hall–Kier alpha value is -0.260. The zero-order chi connectivity index (χ0) is 7.40. The molecule has 0 fully saturated rings. The van der Waals surface area contributed by atoms with Crippen molar-refractivity contribution in [1.29, 1.82) is 0 Å². The van der Waals surface area contributed by atoms with Crippen LogP contribution in [0.2, 0.25) is 0 Å². The topological polar surface area (TPSA) is 0 Å². The maximum atomic E-state index is 4.13. The first-order valence-electron chi connectivity index (χ1n) is 4.30. The van der Waals surface area contributed by atoms with Gasteiger partial charge in [-0.15, -0.1) is 0 Å². The van der Waals surface area contributed by atoms with Crippen LogP contribution in [0, 0.1) is 18.8 Å². The van der Waals surface area contributed by atoms with Crippen molar-refractivity contribution in [3.8, 4) is 0 Å². The van der Waals surface area contributed by atoms with E-state index in [0.29, 0.717) is 11.8 Å². The summed E-state index contributed by atoms with van der Waals surface area (Å²) in [6.07, 6.45) is 9.93. The molecule has 10 heavy (non-hydrogen) atoms. The molecule has 0 aromatic carbocycles. The van der Waals surface area contributed by atoms with Gasteiger partial charge in [-0.2, -0.15) is 0 Å². The average Bonchev–Trinajstić information content (AvgIpc) is 1.92. The lowest BCUT2D eigenvalue weighted by atomic mass is 9.88. The van der Waals surface area contributed by atoms with Crippen LogP contribution >= 0.6 is 0 Å². The summed E-state index contributed by atoms with van der Waals surface area (Å²) >= 11 is 0. The first-order chi connectivity index (χ1) is 4.80. The lowest BCUT2D eigenvalue weighted by Gasteiger charge is -2.17. The summed E-state index contributed by atoms with van der Waals surface area (Å²) in [5.41, 5.74) is 0. The molecule has 0 heteroatoms. The molecule has 57 valence electrons. The van der Waals surface area contributed by atoms with Gasteiger partial charge in [0.2, 0.25) is 0 Å². The van der Waals surface area contributed by atoms with Crippen LogP contribution in [-0.2, 0) is 0 Å². The molecule has 0 spiro atoms. The van der Waals surface area contributed by atoms with Crippen molar-refractivity contribution in [2.75, 3.05) is 0 Å². The van der Waals surface area contributed by atoms with Crippen molar-refractivity contribution in [3.63, 3.8) is 0 Å². The molecule has 1 rings (SSSR count). The Labute approximate surface area is 64.3 Å². The minimum atomic E-state index is 0.650. The maximum Gasteiger partial charge on any atom is -0.0234 e. The van der Waals surface area contributed by atoms with Gasteiger partial charge in [0.05, 0.1) is 0 Å². The lowest BCUT2D eigenvalue weighted by molar-refractivity contribution is 0.441. The van der Waals surface area contributed by atoms with Crippen molar-refractivity contribution in [1.82, 2.24) is 0 Å². The Balaban J connectivity index is 2.44. The maximum absolute atomic E-state index is 4.13. The third kappa shape index (κ3) is 2.17. The Bertz CT molecular complexity index is 113. The summed E-state index contributed by atoms with van der Waals surface area (Å²) in [5.74, 6) is 1.34. The van der Waals surface area contributed by atoms with Crippen LogP contribution in [0.4, 0.5) is 0 Å². The number of hydrogen-bond acceptors (Lipinski definition) is 0. The first-order valence-corrected chi connectivity index (χ1v) is 4.30. The number of rotatable bonds is 0. The van der Waals surface area contributed by atoms with Crippen LogP contribution in [0.1, 0.15) is 32.6 Å². The fourth-order valence-electron chi connectivity index (χ4n) is 1.40. The van der Waals surface area contributed by atoms with E-state index in [0.717, 1.165) is 0 Å². The van der Waals surface area contributed by atoms with Crippen molar-refractivity contribution in [3.05, 3.63) is 19.1 Å². The highest BCUT2D eigenvalue weighted by Gasteiger charge is 2.09. The van der Waals surface area contributed by atoms with Gasteiger partial charge in [0.15, 0.2) is 0 Å². The molecule has 0 bridgehead atoms. The van der Waals surface area contributed by atoms with Crippen molar-refractivity contribution in [2.45, 2.75) is 32.6 Å². The lowest BCUT2D eigenvalue weighted by Crippen LogP contribution is -2.06. The second-order valence-corrected chi connectivity index (χ2v) is 3.33. The third-order valence-electron chi connectivity index (χ3n) is 2.38. The van der Waals surface area contributed by atoms with Crippen LogP contribution in [0.25, 0.3) is 0 Å². The molecule has 1 aliphatic rings. The molecule has 2 unspecified atom stereocenters. The third-order valence-corrected chi connectivity index (χ3v) is 2.38. The van der Waals surface area contributed by atoms with E-state index in [9.17, 15) is 0 Å². The van der Waals surface area contributed by atoms with Crippen molar-refractivity contribution in [2.24, 2.45) is 11.8 Å². The summed E-state index contributed by atoms with van der Waals surface area (Å²) in [4.78, 5) is 0. The zero-order valence-electron chi connectivity index (χ0n) is 6.84.